The fourth-order valence-electron chi connectivity index (χ4n) is 1.02. The number of para-hydroxylation sites is 1. The molecule has 0 atom stereocenters. The van der Waals surface area contributed by atoms with Gasteiger partial charge in [0.25, 0.3) is 0 Å². The zero-order chi connectivity index (χ0) is 8.81. The Morgan fingerprint density at radius 1 is 1.25 bits per heavy atom. The Kier molecular flexibility index (Phi) is 3.61. The molecule has 0 fully saturated rings. The summed E-state index contributed by atoms with van der Waals surface area (Å²) in [7, 11) is 1.94. The maximum absolute atomic E-state index is 5.49. The summed E-state index contributed by atoms with van der Waals surface area (Å²) in [6.45, 7) is 3.08. The molecule has 1 aromatic rings. The number of hydrogen-bond acceptors (Lipinski definition) is 2. The van der Waals surface area contributed by atoms with Crippen LogP contribution in [0.2, 0.25) is 0 Å². The molecule has 0 amide bonds. The van der Waals surface area contributed by atoms with E-state index in [1.807, 2.05) is 42.4 Å². The standard InChI is InChI=1S/C10H15NO/c1-3-9-11(2)12-10-7-5-4-6-8-10/h4-8H,3,9H2,1-2H3. The van der Waals surface area contributed by atoms with Crippen molar-refractivity contribution in [3.8, 4) is 5.75 Å². The summed E-state index contributed by atoms with van der Waals surface area (Å²) in [5.41, 5.74) is 0. The molecule has 0 saturated heterocycles. The number of nitrogens with zero attached hydrogens (tertiary/aromatic N) is 1. The zero-order valence-electron chi connectivity index (χ0n) is 7.66. The van der Waals surface area contributed by atoms with Crippen LogP contribution in [0, 0.1) is 0 Å². The highest BCUT2D eigenvalue weighted by Crippen LogP contribution is 2.09. The SMILES string of the molecule is CCCN(C)Oc1ccccc1. The lowest BCUT2D eigenvalue weighted by Gasteiger charge is -2.16. The highest BCUT2D eigenvalue weighted by atomic mass is 16.7. The Labute approximate surface area is 73.7 Å². The Morgan fingerprint density at radius 3 is 2.50 bits per heavy atom. The predicted octanol–water partition coefficient (Wildman–Crippen LogP) is 2.32. The van der Waals surface area contributed by atoms with Gasteiger partial charge >= 0.3 is 0 Å². The first kappa shape index (κ1) is 9.07. The molecule has 66 valence electrons. The fourth-order valence-corrected chi connectivity index (χ4v) is 1.02. The Hall–Kier alpha value is -1.02. The number of rotatable bonds is 4. The monoisotopic (exact) mass is 165 g/mol. The highest BCUT2D eigenvalue weighted by molar-refractivity contribution is 5.20. The van der Waals surface area contributed by atoms with E-state index in [2.05, 4.69) is 6.92 Å². The molecule has 0 radical (unpaired) electrons. The molecule has 0 unspecified atom stereocenters. The summed E-state index contributed by atoms with van der Waals surface area (Å²) >= 11 is 0. The smallest absolute Gasteiger partial charge is 0.147 e. The average molecular weight is 165 g/mol. The van der Waals surface area contributed by atoms with Gasteiger partial charge in [-0.1, -0.05) is 25.1 Å². The third-order valence-electron chi connectivity index (χ3n) is 1.54. The first-order valence-electron chi connectivity index (χ1n) is 4.27. The van der Waals surface area contributed by atoms with E-state index in [0.29, 0.717) is 0 Å². The van der Waals surface area contributed by atoms with Gasteiger partial charge in [-0.05, 0) is 18.6 Å². The predicted molar refractivity (Wildman–Crippen MR) is 50.0 cm³/mol. The van der Waals surface area contributed by atoms with Gasteiger partial charge in [-0.15, -0.1) is 5.06 Å². The lowest BCUT2D eigenvalue weighted by Crippen LogP contribution is -2.22. The number of hydrogen-bond donors (Lipinski definition) is 0. The van der Waals surface area contributed by atoms with Crippen LogP contribution >= 0.6 is 0 Å². The molecule has 0 N–H and O–H groups in total. The van der Waals surface area contributed by atoms with E-state index in [1.54, 1.807) is 0 Å². The van der Waals surface area contributed by atoms with Crippen LogP contribution in [-0.2, 0) is 0 Å². The summed E-state index contributed by atoms with van der Waals surface area (Å²) < 4.78 is 0. The molecule has 0 saturated carbocycles. The molecular formula is C10H15NO. The lowest BCUT2D eigenvalue weighted by molar-refractivity contribution is -0.0312. The van der Waals surface area contributed by atoms with E-state index in [0.717, 1.165) is 18.7 Å². The first-order chi connectivity index (χ1) is 5.83. The van der Waals surface area contributed by atoms with Crippen LogP contribution in [0.4, 0.5) is 0 Å². The van der Waals surface area contributed by atoms with Crippen molar-refractivity contribution in [2.75, 3.05) is 13.6 Å². The van der Waals surface area contributed by atoms with Crippen LogP contribution < -0.4 is 4.84 Å². The molecule has 0 aliphatic rings. The maximum Gasteiger partial charge on any atom is 0.147 e. The van der Waals surface area contributed by atoms with Crippen LogP contribution in [0.15, 0.2) is 30.3 Å². The van der Waals surface area contributed by atoms with E-state index >= 15 is 0 Å². The van der Waals surface area contributed by atoms with E-state index in [9.17, 15) is 0 Å². The van der Waals surface area contributed by atoms with Gasteiger partial charge in [0, 0.05) is 13.6 Å². The van der Waals surface area contributed by atoms with Crippen molar-refractivity contribution in [2.45, 2.75) is 13.3 Å². The summed E-state index contributed by atoms with van der Waals surface area (Å²) in [5, 5.41) is 1.84. The van der Waals surface area contributed by atoms with Crippen molar-refractivity contribution in [2.24, 2.45) is 0 Å². The molecular weight excluding hydrogens is 150 g/mol. The van der Waals surface area contributed by atoms with Gasteiger partial charge in [-0.25, -0.2) is 0 Å². The van der Waals surface area contributed by atoms with E-state index in [1.165, 1.54) is 0 Å². The average Bonchev–Trinajstić information content (AvgIpc) is 2.06. The van der Waals surface area contributed by atoms with Crippen LogP contribution in [0.3, 0.4) is 0 Å². The molecule has 0 aliphatic carbocycles. The van der Waals surface area contributed by atoms with Gasteiger partial charge in [0.05, 0.1) is 0 Å². The minimum Gasteiger partial charge on any atom is -0.406 e. The second-order valence-corrected chi connectivity index (χ2v) is 2.76. The number of benzene rings is 1. The summed E-state index contributed by atoms with van der Waals surface area (Å²) in [6, 6.07) is 9.81. The van der Waals surface area contributed by atoms with Crippen LogP contribution in [-0.4, -0.2) is 18.7 Å². The molecule has 2 heteroatoms. The van der Waals surface area contributed by atoms with Gasteiger partial charge in [0.1, 0.15) is 5.75 Å². The van der Waals surface area contributed by atoms with Crippen molar-refractivity contribution in [3.05, 3.63) is 30.3 Å². The Balaban J connectivity index is 2.41. The van der Waals surface area contributed by atoms with Crippen molar-refractivity contribution in [3.63, 3.8) is 0 Å². The molecule has 0 heterocycles. The summed E-state index contributed by atoms with van der Waals surface area (Å²) in [5.74, 6) is 0.897. The third kappa shape index (κ3) is 2.93. The minimum absolute atomic E-state index is 0.897. The summed E-state index contributed by atoms with van der Waals surface area (Å²) in [4.78, 5) is 5.49. The van der Waals surface area contributed by atoms with Crippen LogP contribution in [0.25, 0.3) is 0 Å². The van der Waals surface area contributed by atoms with Gasteiger partial charge in [0.2, 0.25) is 0 Å². The number of hydroxylamine groups is 2. The van der Waals surface area contributed by atoms with E-state index < -0.39 is 0 Å². The molecule has 2 nitrogen and oxygen atoms in total. The van der Waals surface area contributed by atoms with Gasteiger partial charge < -0.3 is 4.84 Å². The van der Waals surface area contributed by atoms with Gasteiger partial charge in [-0.2, -0.15) is 0 Å². The topological polar surface area (TPSA) is 12.5 Å². The van der Waals surface area contributed by atoms with Gasteiger partial charge in [-0.3, -0.25) is 0 Å². The molecule has 1 aromatic carbocycles. The second-order valence-electron chi connectivity index (χ2n) is 2.76. The molecule has 0 bridgehead atoms. The first-order valence-corrected chi connectivity index (χ1v) is 4.27. The normalized spacial score (nSPS) is 10.2. The molecule has 1 rings (SSSR count). The second kappa shape index (κ2) is 4.78. The highest BCUT2D eigenvalue weighted by Gasteiger charge is 1.96. The van der Waals surface area contributed by atoms with Crippen molar-refractivity contribution >= 4 is 0 Å². The van der Waals surface area contributed by atoms with Crippen LogP contribution in [0.5, 0.6) is 5.75 Å². The van der Waals surface area contributed by atoms with Crippen LogP contribution in [0.1, 0.15) is 13.3 Å². The minimum atomic E-state index is 0.897. The van der Waals surface area contributed by atoms with Gasteiger partial charge in [0.15, 0.2) is 0 Å². The zero-order valence-corrected chi connectivity index (χ0v) is 7.66. The summed E-state index contributed by atoms with van der Waals surface area (Å²) in [6.07, 6.45) is 1.10. The molecule has 0 spiro atoms. The van der Waals surface area contributed by atoms with E-state index in [-0.39, 0.29) is 0 Å². The quantitative estimate of drug-likeness (QED) is 0.635. The van der Waals surface area contributed by atoms with Crippen molar-refractivity contribution in [1.82, 2.24) is 5.06 Å². The molecule has 0 aromatic heterocycles. The fraction of sp³-hybridized carbons (Fsp3) is 0.400. The van der Waals surface area contributed by atoms with E-state index in [4.69, 9.17) is 4.84 Å². The molecule has 0 aliphatic heterocycles. The third-order valence-corrected chi connectivity index (χ3v) is 1.54. The Bertz CT molecular complexity index is 210. The Morgan fingerprint density at radius 2 is 1.92 bits per heavy atom. The molecule has 12 heavy (non-hydrogen) atoms. The lowest BCUT2D eigenvalue weighted by atomic mass is 10.3. The largest absolute Gasteiger partial charge is 0.406 e. The maximum atomic E-state index is 5.49. The van der Waals surface area contributed by atoms with Crippen molar-refractivity contribution < 1.29 is 4.84 Å². The van der Waals surface area contributed by atoms with Crippen molar-refractivity contribution in [1.29, 1.82) is 0 Å².